The molecule has 0 radical (unpaired) electrons. The molecule has 2 aliphatic rings. The molecule has 5 aromatic rings. The number of benzene rings is 4. The van der Waals surface area contributed by atoms with Crippen LogP contribution in [0, 0.1) is 19.7 Å². The maximum atomic E-state index is 15.0. The van der Waals surface area contributed by atoms with Gasteiger partial charge in [0.25, 0.3) is 11.8 Å². The van der Waals surface area contributed by atoms with E-state index in [1.807, 2.05) is 32.0 Å². The van der Waals surface area contributed by atoms with Gasteiger partial charge in [-0.2, -0.15) is 0 Å². The number of hydrogen-bond donors (Lipinski definition) is 0. The average Bonchev–Trinajstić information content (AvgIpc) is 3.45. The first-order valence-corrected chi connectivity index (χ1v) is 15.0. The van der Waals surface area contributed by atoms with E-state index < -0.39 is 22.8 Å². The molecule has 9 heteroatoms. The molecule has 8 nitrogen and oxygen atoms in total. The molecule has 2 amide bonds. The molecule has 0 saturated heterocycles. The number of aryl methyl sites for hydroxylation is 2. The van der Waals surface area contributed by atoms with Crippen LogP contribution in [-0.2, 0) is 23.3 Å². The van der Waals surface area contributed by atoms with Gasteiger partial charge in [0.05, 0.1) is 37.4 Å². The number of methoxy groups -OCH3 is 2. The lowest BCUT2D eigenvalue weighted by Crippen LogP contribution is -2.53. The van der Waals surface area contributed by atoms with Gasteiger partial charge in [-0.25, -0.2) is 4.39 Å². The summed E-state index contributed by atoms with van der Waals surface area (Å²) >= 11 is 0. The Morgan fingerprint density at radius 3 is 2.26 bits per heavy atom. The molecular weight excluding hydrogens is 587 g/mol. The zero-order chi connectivity index (χ0) is 32.3. The highest BCUT2D eigenvalue weighted by Crippen LogP contribution is 2.53. The number of para-hydroxylation sites is 1. The van der Waals surface area contributed by atoms with E-state index in [4.69, 9.17) is 13.9 Å². The predicted molar refractivity (Wildman–Crippen MR) is 171 cm³/mol. The Labute approximate surface area is 264 Å². The number of anilines is 1. The maximum Gasteiger partial charge on any atom is 0.291 e. The Kier molecular flexibility index (Phi) is 6.92. The second-order valence-corrected chi connectivity index (χ2v) is 11.7. The summed E-state index contributed by atoms with van der Waals surface area (Å²) in [6.45, 7) is 4.02. The number of carbonyl (C=O) groups excluding carboxylic acids is 2. The van der Waals surface area contributed by atoms with E-state index in [9.17, 15) is 14.0 Å². The van der Waals surface area contributed by atoms with E-state index in [-0.39, 0.29) is 30.2 Å². The van der Waals surface area contributed by atoms with Gasteiger partial charge in [0.1, 0.15) is 11.4 Å². The fourth-order valence-electron chi connectivity index (χ4n) is 6.75. The lowest BCUT2D eigenvalue weighted by molar-refractivity contribution is -0.126. The van der Waals surface area contributed by atoms with Crippen molar-refractivity contribution in [2.45, 2.75) is 32.4 Å². The van der Waals surface area contributed by atoms with Crippen LogP contribution in [0.15, 0.2) is 88.1 Å². The van der Waals surface area contributed by atoms with Gasteiger partial charge in [-0.3, -0.25) is 14.4 Å². The van der Waals surface area contributed by atoms with Crippen LogP contribution < -0.4 is 19.8 Å². The van der Waals surface area contributed by atoms with E-state index in [0.29, 0.717) is 45.7 Å². The van der Waals surface area contributed by atoms with Crippen molar-refractivity contribution < 1.29 is 27.9 Å². The van der Waals surface area contributed by atoms with Crippen molar-refractivity contribution in [3.05, 3.63) is 134 Å². The number of nitrogens with zero attached hydrogens (tertiary/aromatic N) is 2. The second kappa shape index (κ2) is 10.9. The van der Waals surface area contributed by atoms with Gasteiger partial charge < -0.3 is 23.7 Å². The van der Waals surface area contributed by atoms with E-state index in [1.54, 1.807) is 67.7 Å². The summed E-state index contributed by atoms with van der Waals surface area (Å²) in [6.07, 6.45) is 0.348. The molecule has 3 heterocycles. The molecule has 2 aliphatic heterocycles. The number of rotatable bonds is 7. The smallest absolute Gasteiger partial charge is 0.291 e. The molecule has 4 aromatic carbocycles. The maximum absolute atomic E-state index is 15.0. The van der Waals surface area contributed by atoms with Crippen LogP contribution in [-0.4, -0.2) is 37.5 Å². The van der Waals surface area contributed by atoms with E-state index in [2.05, 4.69) is 0 Å². The minimum Gasteiger partial charge on any atom is -0.493 e. The summed E-state index contributed by atoms with van der Waals surface area (Å²) in [7, 11) is 3.10. The van der Waals surface area contributed by atoms with Crippen LogP contribution in [0.2, 0.25) is 0 Å². The Morgan fingerprint density at radius 2 is 1.52 bits per heavy atom. The highest BCUT2D eigenvalue weighted by Gasteiger charge is 2.64. The van der Waals surface area contributed by atoms with E-state index >= 15 is 4.79 Å². The van der Waals surface area contributed by atoms with Crippen molar-refractivity contribution in [1.29, 1.82) is 0 Å². The lowest BCUT2D eigenvalue weighted by atomic mass is 9.83. The fraction of sp³-hybridized carbons (Fsp3) is 0.216. The summed E-state index contributed by atoms with van der Waals surface area (Å²) < 4.78 is 30.9. The lowest BCUT2D eigenvalue weighted by Gasteiger charge is -2.34. The molecule has 0 N–H and O–H groups in total. The van der Waals surface area contributed by atoms with Crippen molar-refractivity contribution in [2.75, 3.05) is 25.7 Å². The van der Waals surface area contributed by atoms with E-state index in [1.165, 1.54) is 17.0 Å². The molecule has 232 valence electrons. The topological polar surface area (TPSA) is 89.3 Å². The molecule has 0 aliphatic carbocycles. The summed E-state index contributed by atoms with van der Waals surface area (Å²) in [4.78, 5) is 47.1. The average molecular weight is 619 g/mol. The highest BCUT2D eigenvalue weighted by atomic mass is 19.1. The fourth-order valence-corrected chi connectivity index (χ4v) is 6.75. The summed E-state index contributed by atoms with van der Waals surface area (Å²) in [6, 6.07) is 22.1. The molecule has 0 bridgehead atoms. The Hall–Kier alpha value is -5.44. The van der Waals surface area contributed by atoms with Crippen LogP contribution in [0.4, 0.5) is 10.1 Å². The number of amides is 2. The van der Waals surface area contributed by atoms with Crippen LogP contribution in [0.5, 0.6) is 11.5 Å². The molecule has 7 rings (SSSR count). The van der Waals surface area contributed by atoms with Crippen LogP contribution in [0.3, 0.4) is 0 Å². The van der Waals surface area contributed by atoms with Gasteiger partial charge in [-0.05, 0) is 85.0 Å². The number of hydrogen-bond acceptors (Lipinski definition) is 6. The van der Waals surface area contributed by atoms with Crippen LogP contribution in [0.1, 0.15) is 43.9 Å². The SMILES string of the molecule is COc1ccc(CCN2C(=O)c3oc4cc(C)c(C)cc4c(=O)c3C23C(=O)N(Cc2ccc(F)cc2)c2ccccc23)cc1OC. The third kappa shape index (κ3) is 4.22. The minimum atomic E-state index is -1.77. The first kappa shape index (κ1) is 29.3. The van der Waals surface area contributed by atoms with Crippen LogP contribution in [0.25, 0.3) is 11.0 Å². The largest absolute Gasteiger partial charge is 0.493 e. The first-order valence-electron chi connectivity index (χ1n) is 15.0. The number of ether oxygens (including phenoxy) is 2. The molecule has 1 spiro atoms. The van der Waals surface area contributed by atoms with Gasteiger partial charge in [0, 0.05) is 12.1 Å². The second-order valence-electron chi connectivity index (χ2n) is 11.7. The summed E-state index contributed by atoms with van der Waals surface area (Å²) in [5.41, 5.74) is 2.52. The van der Waals surface area contributed by atoms with Gasteiger partial charge in [0.15, 0.2) is 22.5 Å². The zero-order valence-electron chi connectivity index (χ0n) is 25.8. The third-order valence-corrected chi connectivity index (χ3v) is 9.18. The highest BCUT2D eigenvalue weighted by molar-refractivity contribution is 6.17. The third-order valence-electron chi connectivity index (χ3n) is 9.18. The van der Waals surface area contributed by atoms with Gasteiger partial charge >= 0.3 is 0 Å². The molecule has 0 fully saturated rings. The monoisotopic (exact) mass is 618 g/mol. The van der Waals surface area contributed by atoms with Crippen molar-refractivity contribution in [3.63, 3.8) is 0 Å². The van der Waals surface area contributed by atoms with E-state index in [0.717, 1.165) is 16.7 Å². The Bertz CT molecular complexity index is 2120. The van der Waals surface area contributed by atoms with Crippen molar-refractivity contribution in [2.24, 2.45) is 0 Å². The van der Waals surface area contributed by atoms with Gasteiger partial charge in [-0.1, -0.05) is 36.4 Å². The standard InChI is InChI=1S/C37H31FN2O6/c1-21-17-26-30(18-22(21)2)46-34-32(33(26)41)37(40(35(34)42)16-15-23-11-14-29(44-3)31(19-23)45-4)27-7-5-6-8-28(27)39(36(37)43)20-24-9-12-25(38)13-10-24/h5-14,17-19H,15-16,20H2,1-4H3. The first-order chi connectivity index (χ1) is 22.2. The van der Waals surface area contributed by atoms with Crippen LogP contribution >= 0.6 is 0 Å². The molecular formula is C37H31FN2O6. The quantitative estimate of drug-likeness (QED) is 0.221. The Morgan fingerprint density at radius 1 is 0.826 bits per heavy atom. The molecule has 46 heavy (non-hydrogen) atoms. The molecule has 1 aromatic heterocycles. The number of carbonyl (C=O) groups is 2. The molecule has 1 unspecified atom stereocenters. The molecule has 0 saturated carbocycles. The number of fused-ring (bicyclic) bond motifs is 5. The predicted octanol–water partition coefficient (Wildman–Crippen LogP) is 6.06. The van der Waals surface area contributed by atoms with Gasteiger partial charge in [0.2, 0.25) is 5.76 Å². The van der Waals surface area contributed by atoms with Crippen molar-refractivity contribution in [3.8, 4) is 11.5 Å². The normalized spacial score (nSPS) is 16.8. The zero-order valence-corrected chi connectivity index (χ0v) is 25.8. The summed E-state index contributed by atoms with van der Waals surface area (Å²) in [5, 5.41) is 0.304. The Balaban J connectivity index is 1.43. The minimum absolute atomic E-state index is 0.0135. The summed E-state index contributed by atoms with van der Waals surface area (Å²) in [5.74, 6) is -0.421. The molecule has 1 atom stereocenters. The number of halogens is 1. The van der Waals surface area contributed by atoms with Gasteiger partial charge in [-0.15, -0.1) is 0 Å². The van der Waals surface area contributed by atoms with Crippen molar-refractivity contribution >= 4 is 28.5 Å². The van der Waals surface area contributed by atoms with Crippen molar-refractivity contribution in [1.82, 2.24) is 4.90 Å².